The monoisotopic (exact) mass is 344 g/mol. The maximum absolute atomic E-state index is 13.3. The van der Waals surface area contributed by atoms with E-state index in [0.717, 1.165) is 0 Å². The summed E-state index contributed by atoms with van der Waals surface area (Å²) in [6.45, 7) is -0.0348. The Morgan fingerprint density at radius 3 is 2.44 bits per heavy atom. The van der Waals surface area contributed by atoms with Crippen LogP contribution in [0.4, 0.5) is 14.5 Å². The van der Waals surface area contributed by atoms with Gasteiger partial charge in [-0.25, -0.2) is 17.5 Å². The predicted octanol–water partition coefficient (Wildman–Crippen LogP) is 1.55. The molecule has 0 aliphatic rings. The third kappa shape index (κ3) is 3.21. The number of nitro groups is 1. The lowest BCUT2D eigenvalue weighted by molar-refractivity contribution is -0.387. The summed E-state index contributed by atoms with van der Waals surface area (Å²) in [6.07, 6.45) is 0. The summed E-state index contributed by atoms with van der Waals surface area (Å²) >= 11 is 2.95. The summed E-state index contributed by atoms with van der Waals surface area (Å²) in [5.74, 6) is -2.82. The second-order valence-corrected chi connectivity index (χ2v) is 5.61. The Morgan fingerprint density at radius 1 is 1.33 bits per heavy atom. The van der Waals surface area contributed by atoms with Crippen molar-refractivity contribution in [3.8, 4) is 0 Å². The Labute approximate surface area is 109 Å². The van der Waals surface area contributed by atoms with Crippen LogP contribution in [-0.4, -0.2) is 25.2 Å². The van der Waals surface area contributed by atoms with Gasteiger partial charge in [-0.05, 0) is 0 Å². The van der Waals surface area contributed by atoms with Crippen molar-refractivity contribution in [2.24, 2.45) is 0 Å². The minimum absolute atomic E-state index is 0.0348. The van der Waals surface area contributed by atoms with Crippen molar-refractivity contribution in [1.29, 1.82) is 0 Å². The summed E-state index contributed by atoms with van der Waals surface area (Å²) in [6, 6.07) is 0.516. The number of halogens is 3. The lowest BCUT2D eigenvalue weighted by atomic mass is 10.3. The molecule has 1 rings (SSSR count). The van der Waals surface area contributed by atoms with Crippen LogP contribution in [0.2, 0.25) is 0 Å². The van der Waals surface area contributed by atoms with E-state index >= 15 is 0 Å². The van der Waals surface area contributed by atoms with Crippen molar-refractivity contribution < 1.29 is 22.1 Å². The molecule has 0 spiro atoms. The Kier molecular flexibility index (Phi) is 4.71. The second kappa shape index (κ2) is 5.67. The minimum Gasteiger partial charge on any atom is -0.258 e. The quantitative estimate of drug-likeness (QED) is 0.498. The van der Waals surface area contributed by atoms with Gasteiger partial charge < -0.3 is 0 Å². The van der Waals surface area contributed by atoms with E-state index in [4.69, 9.17) is 0 Å². The molecule has 0 aliphatic heterocycles. The van der Waals surface area contributed by atoms with E-state index in [1.54, 1.807) is 0 Å². The first kappa shape index (κ1) is 14.9. The molecule has 0 saturated heterocycles. The van der Waals surface area contributed by atoms with E-state index in [0.29, 0.717) is 6.07 Å². The van der Waals surface area contributed by atoms with Gasteiger partial charge in [-0.1, -0.05) is 15.9 Å². The highest BCUT2D eigenvalue weighted by atomic mass is 79.9. The van der Waals surface area contributed by atoms with Gasteiger partial charge in [0, 0.05) is 24.0 Å². The molecule has 0 radical (unpaired) electrons. The average Bonchev–Trinajstić information content (AvgIpc) is 2.25. The summed E-state index contributed by atoms with van der Waals surface area (Å²) in [4.78, 5) is 8.36. The number of hydrogen-bond acceptors (Lipinski definition) is 4. The molecule has 1 aromatic carbocycles. The van der Waals surface area contributed by atoms with E-state index in [9.17, 15) is 27.3 Å². The molecule has 0 bridgehead atoms. The first-order valence-corrected chi connectivity index (χ1v) is 7.09. The van der Waals surface area contributed by atoms with Crippen molar-refractivity contribution in [3.05, 3.63) is 33.9 Å². The van der Waals surface area contributed by atoms with E-state index in [1.807, 2.05) is 4.72 Å². The molecular weight excluding hydrogens is 338 g/mol. The largest absolute Gasteiger partial charge is 0.306 e. The molecule has 100 valence electrons. The summed E-state index contributed by atoms with van der Waals surface area (Å²) in [5, 5.41) is 10.7. The molecule has 0 fully saturated rings. The first-order valence-electron chi connectivity index (χ1n) is 4.48. The maximum Gasteiger partial charge on any atom is 0.306 e. The van der Waals surface area contributed by atoms with Crippen LogP contribution in [0, 0.1) is 21.7 Å². The summed E-state index contributed by atoms with van der Waals surface area (Å²) in [5.41, 5.74) is -1.10. The van der Waals surface area contributed by atoms with Crippen LogP contribution in [0.15, 0.2) is 17.0 Å². The van der Waals surface area contributed by atoms with Crippen molar-refractivity contribution in [2.75, 3.05) is 11.9 Å². The zero-order valence-electron chi connectivity index (χ0n) is 8.69. The molecule has 18 heavy (non-hydrogen) atoms. The maximum atomic E-state index is 13.3. The van der Waals surface area contributed by atoms with Gasteiger partial charge in [0.2, 0.25) is 15.8 Å². The molecule has 0 atom stereocenters. The SMILES string of the molecule is O=[N+]([O-])c1cc(S(=O)(=O)NCCBr)c(F)cc1F. The lowest BCUT2D eigenvalue weighted by Gasteiger charge is -2.06. The van der Waals surface area contributed by atoms with Crippen molar-refractivity contribution in [3.63, 3.8) is 0 Å². The number of nitrogens with one attached hydrogen (secondary N) is 1. The van der Waals surface area contributed by atoms with Gasteiger partial charge in [-0.2, -0.15) is 4.39 Å². The van der Waals surface area contributed by atoms with E-state index in [-0.39, 0.29) is 17.9 Å². The van der Waals surface area contributed by atoms with Crippen LogP contribution < -0.4 is 4.72 Å². The highest BCUT2D eigenvalue weighted by molar-refractivity contribution is 9.09. The molecular formula is C8H7BrF2N2O4S. The van der Waals surface area contributed by atoms with Crippen molar-refractivity contribution in [2.45, 2.75) is 4.90 Å². The molecule has 0 unspecified atom stereocenters. The average molecular weight is 345 g/mol. The molecule has 0 aliphatic carbocycles. The number of hydrogen-bond donors (Lipinski definition) is 1. The number of rotatable bonds is 5. The molecule has 0 heterocycles. The van der Waals surface area contributed by atoms with Gasteiger partial charge in [-0.15, -0.1) is 0 Å². The Morgan fingerprint density at radius 2 is 1.94 bits per heavy atom. The Hall–Kier alpha value is -1.13. The zero-order valence-corrected chi connectivity index (χ0v) is 11.1. The fourth-order valence-corrected chi connectivity index (χ4v) is 2.68. The predicted molar refractivity (Wildman–Crippen MR) is 62.0 cm³/mol. The van der Waals surface area contributed by atoms with Gasteiger partial charge in [0.1, 0.15) is 10.7 Å². The van der Waals surface area contributed by atoms with Crippen LogP contribution >= 0.6 is 15.9 Å². The van der Waals surface area contributed by atoms with E-state index in [1.165, 1.54) is 0 Å². The molecule has 1 N–H and O–H groups in total. The van der Waals surface area contributed by atoms with Gasteiger partial charge in [0.15, 0.2) is 0 Å². The highest BCUT2D eigenvalue weighted by Crippen LogP contribution is 2.24. The lowest BCUT2D eigenvalue weighted by Crippen LogP contribution is -2.26. The van der Waals surface area contributed by atoms with Gasteiger partial charge in [0.05, 0.1) is 4.92 Å². The van der Waals surface area contributed by atoms with Crippen LogP contribution in [0.1, 0.15) is 0 Å². The van der Waals surface area contributed by atoms with Gasteiger partial charge in [0.25, 0.3) is 0 Å². The smallest absolute Gasteiger partial charge is 0.258 e. The molecule has 0 amide bonds. The number of sulfonamides is 1. The fraction of sp³-hybridized carbons (Fsp3) is 0.250. The normalized spacial score (nSPS) is 11.5. The number of nitro benzene ring substituents is 1. The van der Waals surface area contributed by atoms with Crippen molar-refractivity contribution in [1.82, 2.24) is 4.72 Å². The number of benzene rings is 1. The first-order chi connectivity index (χ1) is 8.29. The second-order valence-electron chi connectivity index (χ2n) is 3.08. The number of nitrogens with zero attached hydrogens (tertiary/aromatic N) is 1. The van der Waals surface area contributed by atoms with E-state index in [2.05, 4.69) is 15.9 Å². The van der Waals surface area contributed by atoms with Crippen LogP contribution in [-0.2, 0) is 10.0 Å². The summed E-state index contributed by atoms with van der Waals surface area (Å²) in [7, 11) is -4.25. The van der Waals surface area contributed by atoms with Crippen LogP contribution in [0.5, 0.6) is 0 Å². The molecule has 0 saturated carbocycles. The van der Waals surface area contributed by atoms with Crippen LogP contribution in [0.25, 0.3) is 0 Å². The topological polar surface area (TPSA) is 89.3 Å². The standard InChI is InChI=1S/C8H7BrF2N2O4S/c9-1-2-12-18(16,17)8-4-7(13(14)15)5(10)3-6(8)11/h3-4,12H,1-2H2. The highest BCUT2D eigenvalue weighted by Gasteiger charge is 2.25. The fourth-order valence-electron chi connectivity index (χ4n) is 1.11. The van der Waals surface area contributed by atoms with Gasteiger partial charge in [-0.3, -0.25) is 10.1 Å². The third-order valence-corrected chi connectivity index (χ3v) is 3.75. The Bertz CT molecular complexity index is 579. The third-order valence-electron chi connectivity index (χ3n) is 1.87. The number of alkyl halides is 1. The Balaban J connectivity index is 3.33. The van der Waals surface area contributed by atoms with Gasteiger partial charge >= 0.3 is 5.69 Å². The molecule has 0 aromatic heterocycles. The van der Waals surface area contributed by atoms with E-state index < -0.39 is 37.2 Å². The summed E-state index contributed by atoms with van der Waals surface area (Å²) < 4.78 is 51.5. The van der Waals surface area contributed by atoms with Crippen LogP contribution in [0.3, 0.4) is 0 Å². The molecule has 1 aromatic rings. The van der Waals surface area contributed by atoms with Crippen molar-refractivity contribution >= 4 is 31.6 Å². The molecule has 6 nitrogen and oxygen atoms in total. The minimum atomic E-state index is -4.25. The molecule has 10 heteroatoms. The zero-order chi connectivity index (χ0) is 13.9.